The van der Waals surface area contributed by atoms with Crippen LogP contribution in [0.4, 0.5) is 10.1 Å². The number of benzene rings is 3. The van der Waals surface area contributed by atoms with Gasteiger partial charge in [0.25, 0.3) is 0 Å². The van der Waals surface area contributed by atoms with Gasteiger partial charge in [0.15, 0.2) is 0 Å². The summed E-state index contributed by atoms with van der Waals surface area (Å²) < 4.78 is 29.6. The summed E-state index contributed by atoms with van der Waals surface area (Å²) in [6.45, 7) is 2.40. The van der Waals surface area contributed by atoms with E-state index in [1.54, 1.807) is 24.3 Å². The largest absolute Gasteiger partial charge is 0.455 e. The predicted molar refractivity (Wildman–Crippen MR) is 120 cm³/mol. The number of hydrogen-bond donors (Lipinski definition) is 1. The van der Waals surface area contributed by atoms with Crippen molar-refractivity contribution >= 4 is 45.8 Å². The van der Waals surface area contributed by atoms with Gasteiger partial charge in [-0.15, -0.1) is 0 Å². The number of carbonyl (C=O) groups is 2. The van der Waals surface area contributed by atoms with E-state index in [9.17, 15) is 18.8 Å². The van der Waals surface area contributed by atoms with Crippen molar-refractivity contribution in [2.24, 2.45) is 5.10 Å². The molecule has 0 atom stereocenters. The lowest BCUT2D eigenvalue weighted by atomic mass is 10.1. The van der Waals surface area contributed by atoms with Crippen LogP contribution in [0.5, 0.6) is 11.5 Å². The van der Waals surface area contributed by atoms with Gasteiger partial charge in [-0.25, -0.2) is 4.39 Å². The summed E-state index contributed by atoms with van der Waals surface area (Å²) in [5, 5.41) is 4.34. The highest BCUT2D eigenvalue weighted by Crippen LogP contribution is 2.32. The van der Waals surface area contributed by atoms with Crippen molar-refractivity contribution in [1.29, 1.82) is 0 Å². The molecule has 0 saturated carbocycles. The molecule has 4 rings (SSSR count). The summed E-state index contributed by atoms with van der Waals surface area (Å²) >= 11 is 0. The number of hydrogen-bond acceptors (Lipinski definition) is 8. The topological polar surface area (TPSA) is 107 Å². The first-order valence-electron chi connectivity index (χ1n) is 9.77. The number of nitrogens with zero attached hydrogens (tertiary/aromatic N) is 1. The Hall–Kier alpha value is -4.53. The maximum absolute atomic E-state index is 13.3. The van der Waals surface area contributed by atoms with Gasteiger partial charge in [-0.1, -0.05) is 12.1 Å². The molecule has 0 aliphatic carbocycles. The Morgan fingerprint density at radius 2 is 1.79 bits per heavy atom. The highest BCUT2D eigenvalue weighted by Gasteiger charge is 2.18. The number of carbonyl (C=O) groups excluding carboxylic acids is 2. The van der Waals surface area contributed by atoms with Crippen molar-refractivity contribution in [2.75, 3.05) is 5.43 Å². The quantitative estimate of drug-likeness (QED) is 0.159. The third-order valence-electron chi connectivity index (χ3n) is 4.51. The molecular formula is C24H17FN2O6. The second-order valence-corrected chi connectivity index (χ2v) is 7.02. The molecule has 0 radical (unpaired) electrons. The molecule has 4 aromatic rings. The van der Waals surface area contributed by atoms with E-state index in [0.29, 0.717) is 11.3 Å². The molecule has 0 bridgehead atoms. The number of esters is 2. The normalized spacial score (nSPS) is 11.1. The molecule has 166 valence electrons. The lowest BCUT2D eigenvalue weighted by Gasteiger charge is -2.10. The highest BCUT2D eigenvalue weighted by atomic mass is 19.1. The molecule has 0 fully saturated rings. The third-order valence-corrected chi connectivity index (χ3v) is 4.51. The second-order valence-electron chi connectivity index (χ2n) is 7.02. The lowest BCUT2D eigenvalue weighted by molar-refractivity contribution is -0.132. The average Bonchev–Trinajstić information content (AvgIpc) is 2.73. The van der Waals surface area contributed by atoms with Gasteiger partial charge in [0.2, 0.25) is 5.43 Å². The molecule has 33 heavy (non-hydrogen) atoms. The SMILES string of the molecule is CC(=O)Oc1cc(OC(C)=O)c2c(=O)c3cccc(/C=N\Nc4cccc(F)c4)c3oc2c1. The van der Waals surface area contributed by atoms with Crippen LogP contribution in [0, 0.1) is 5.82 Å². The molecule has 1 aromatic heterocycles. The van der Waals surface area contributed by atoms with E-state index >= 15 is 0 Å². The number of halogens is 1. The fourth-order valence-corrected chi connectivity index (χ4v) is 3.26. The van der Waals surface area contributed by atoms with Gasteiger partial charge in [0, 0.05) is 31.5 Å². The van der Waals surface area contributed by atoms with E-state index < -0.39 is 23.2 Å². The van der Waals surface area contributed by atoms with Crippen LogP contribution in [-0.2, 0) is 9.59 Å². The van der Waals surface area contributed by atoms with Crippen LogP contribution in [0.2, 0.25) is 0 Å². The summed E-state index contributed by atoms with van der Waals surface area (Å²) in [5.74, 6) is -1.70. The third kappa shape index (κ3) is 4.72. The van der Waals surface area contributed by atoms with Gasteiger partial charge in [-0.05, 0) is 30.3 Å². The molecule has 0 aliphatic rings. The fourth-order valence-electron chi connectivity index (χ4n) is 3.26. The summed E-state index contributed by atoms with van der Waals surface area (Å²) in [6, 6.07) is 13.3. The summed E-state index contributed by atoms with van der Waals surface area (Å²) in [6.07, 6.45) is 1.42. The molecule has 8 nitrogen and oxygen atoms in total. The first kappa shape index (κ1) is 21.7. The summed E-state index contributed by atoms with van der Waals surface area (Å²) in [5.41, 5.74) is 3.44. The maximum Gasteiger partial charge on any atom is 0.308 e. The van der Waals surface area contributed by atoms with Crippen molar-refractivity contribution < 1.29 is 27.9 Å². The fraction of sp³-hybridized carbons (Fsp3) is 0.0833. The van der Waals surface area contributed by atoms with Crippen LogP contribution in [0.1, 0.15) is 19.4 Å². The number of nitrogens with one attached hydrogen (secondary N) is 1. The van der Waals surface area contributed by atoms with Crippen molar-refractivity contribution in [3.05, 3.63) is 76.2 Å². The molecule has 0 aliphatic heterocycles. The number of ether oxygens (including phenoxy) is 2. The molecule has 0 amide bonds. The minimum absolute atomic E-state index is 0.0283. The first-order chi connectivity index (χ1) is 15.8. The van der Waals surface area contributed by atoms with Gasteiger partial charge in [0.05, 0.1) is 17.3 Å². The van der Waals surface area contributed by atoms with E-state index in [4.69, 9.17) is 13.9 Å². The van der Waals surface area contributed by atoms with Gasteiger partial charge < -0.3 is 13.9 Å². The zero-order chi connectivity index (χ0) is 23.5. The van der Waals surface area contributed by atoms with E-state index in [2.05, 4.69) is 10.5 Å². The molecule has 1 N–H and O–H groups in total. The van der Waals surface area contributed by atoms with Crippen LogP contribution in [0.15, 0.2) is 68.9 Å². The smallest absolute Gasteiger partial charge is 0.308 e. The molecule has 0 unspecified atom stereocenters. The zero-order valence-electron chi connectivity index (χ0n) is 17.5. The van der Waals surface area contributed by atoms with Crippen LogP contribution in [-0.4, -0.2) is 18.2 Å². The van der Waals surface area contributed by atoms with Crippen molar-refractivity contribution in [2.45, 2.75) is 13.8 Å². The Labute approximate surface area is 186 Å². The van der Waals surface area contributed by atoms with E-state index in [1.807, 2.05) is 0 Å². The molecular weight excluding hydrogens is 431 g/mol. The maximum atomic E-state index is 13.3. The van der Waals surface area contributed by atoms with Gasteiger partial charge in [-0.2, -0.15) is 5.10 Å². The highest BCUT2D eigenvalue weighted by molar-refractivity contribution is 6.01. The Bertz CT molecular complexity index is 1490. The van der Waals surface area contributed by atoms with Gasteiger partial charge in [0.1, 0.15) is 33.9 Å². The zero-order valence-corrected chi connectivity index (χ0v) is 17.5. The number of fused-ring (bicyclic) bond motifs is 2. The number of para-hydroxylation sites is 1. The van der Waals surface area contributed by atoms with Crippen molar-refractivity contribution in [3.8, 4) is 11.5 Å². The van der Waals surface area contributed by atoms with E-state index in [-0.39, 0.29) is 33.4 Å². The van der Waals surface area contributed by atoms with Crippen LogP contribution in [0.25, 0.3) is 21.9 Å². The predicted octanol–water partition coefficient (Wildman–Crippen LogP) is 4.38. The first-order valence-corrected chi connectivity index (χ1v) is 9.77. The number of hydrazone groups is 1. The van der Waals surface area contributed by atoms with Crippen LogP contribution < -0.4 is 20.3 Å². The van der Waals surface area contributed by atoms with Crippen molar-refractivity contribution in [3.63, 3.8) is 0 Å². The van der Waals surface area contributed by atoms with Crippen LogP contribution >= 0.6 is 0 Å². The number of rotatable bonds is 5. The van der Waals surface area contributed by atoms with Gasteiger partial charge in [-0.3, -0.25) is 19.8 Å². The molecule has 9 heteroatoms. The summed E-state index contributed by atoms with van der Waals surface area (Å²) in [4.78, 5) is 36.2. The lowest BCUT2D eigenvalue weighted by Crippen LogP contribution is -2.10. The summed E-state index contributed by atoms with van der Waals surface area (Å²) in [7, 11) is 0. The minimum Gasteiger partial charge on any atom is -0.455 e. The Morgan fingerprint density at radius 1 is 1.03 bits per heavy atom. The van der Waals surface area contributed by atoms with Crippen LogP contribution in [0.3, 0.4) is 0 Å². The standard InChI is InChI=1S/C24H17FN2O6/c1-13(28)31-18-10-20(32-14(2)29)22-21(11-18)33-24-15(5-3-8-19(24)23(22)30)12-26-27-17-7-4-6-16(25)9-17/h3-12,27H,1-2H3/b26-12-. The second kappa shape index (κ2) is 8.91. The Balaban J connectivity index is 1.85. The van der Waals surface area contributed by atoms with Gasteiger partial charge >= 0.3 is 11.9 Å². The minimum atomic E-state index is -0.653. The number of anilines is 1. The molecule has 3 aromatic carbocycles. The molecule has 1 heterocycles. The van der Waals surface area contributed by atoms with E-state index in [1.165, 1.54) is 50.4 Å². The Kier molecular flexibility index (Phi) is 5.86. The monoisotopic (exact) mass is 448 g/mol. The Morgan fingerprint density at radius 3 is 2.52 bits per heavy atom. The van der Waals surface area contributed by atoms with Crippen molar-refractivity contribution in [1.82, 2.24) is 0 Å². The molecule has 0 saturated heterocycles. The average molecular weight is 448 g/mol. The van der Waals surface area contributed by atoms with E-state index in [0.717, 1.165) is 0 Å². The molecule has 0 spiro atoms.